The van der Waals surface area contributed by atoms with E-state index in [0.717, 1.165) is 17.0 Å². The number of nitrogens with two attached hydrogens (primary N) is 1. The minimum atomic E-state index is -0.194. The summed E-state index contributed by atoms with van der Waals surface area (Å²) in [6.45, 7) is 0. The van der Waals surface area contributed by atoms with Gasteiger partial charge in [-0.1, -0.05) is 23.7 Å². The van der Waals surface area contributed by atoms with Crippen LogP contribution in [0.4, 0.5) is 0 Å². The van der Waals surface area contributed by atoms with Crippen molar-refractivity contribution in [3.63, 3.8) is 0 Å². The van der Waals surface area contributed by atoms with Gasteiger partial charge in [0.05, 0.1) is 0 Å². The molecule has 13 heavy (non-hydrogen) atoms. The molecule has 2 rings (SSSR count). The van der Waals surface area contributed by atoms with Gasteiger partial charge in [0, 0.05) is 10.9 Å². The average Bonchev–Trinajstić information content (AvgIpc) is 2.85. The molecule has 0 radical (unpaired) electrons. The Bertz CT molecular complexity index is 333. The van der Waals surface area contributed by atoms with E-state index in [9.17, 15) is 4.79 Å². The van der Waals surface area contributed by atoms with Crippen LogP contribution in [0, 0.1) is 5.92 Å². The molecule has 1 amide bonds. The van der Waals surface area contributed by atoms with Gasteiger partial charge in [-0.2, -0.15) is 0 Å². The van der Waals surface area contributed by atoms with E-state index in [2.05, 4.69) is 0 Å². The van der Waals surface area contributed by atoms with E-state index in [0.29, 0.717) is 5.92 Å². The quantitative estimate of drug-likeness (QED) is 0.770. The third kappa shape index (κ3) is 1.68. The first-order valence-electron chi connectivity index (χ1n) is 4.23. The van der Waals surface area contributed by atoms with E-state index < -0.39 is 0 Å². The second-order valence-corrected chi connectivity index (χ2v) is 3.84. The Morgan fingerprint density at radius 3 is 2.46 bits per heavy atom. The third-order valence-corrected chi connectivity index (χ3v) is 2.71. The summed E-state index contributed by atoms with van der Waals surface area (Å²) in [6, 6.07) is 7.59. The summed E-state index contributed by atoms with van der Waals surface area (Å²) in [5.74, 6) is 0.177. The van der Waals surface area contributed by atoms with Gasteiger partial charge in [0.2, 0.25) is 5.91 Å². The first-order chi connectivity index (χ1) is 6.18. The molecule has 2 nitrogen and oxygen atoms in total. The van der Waals surface area contributed by atoms with Crippen LogP contribution >= 0.6 is 11.6 Å². The number of carbonyl (C=O) groups is 1. The lowest BCUT2D eigenvalue weighted by atomic mass is 10.1. The number of carbonyl (C=O) groups excluding carboxylic acids is 1. The van der Waals surface area contributed by atoms with Crippen molar-refractivity contribution in [1.29, 1.82) is 0 Å². The smallest absolute Gasteiger partial charge is 0.221 e. The summed E-state index contributed by atoms with van der Waals surface area (Å²) < 4.78 is 0. The van der Waals surface area contributed by atoms with Crippen LogP contribution in [0.1, 0.15) is 17.9 Å². The summed E-state index contributed by atoms with van der Waals surface area (Å²) in [7, 11) is 0. The fourth-order valence-corrected chi connectivity index (χ4v) is 1.71. The van der Waals surface area contributed by atoms with Crippen molar-refractivity contribution in [3.8, 4) is 0 Å². The largest absolute Gasteiger partial charge is 0.369 e. The van der Waals surface area contributed by atoms with Crippen molar-refractivity contribution in [2.45, 2.75) is 12.3 Å². The highest BCUT2D eigenvalue weighted by atomic mass is 35.5. The van der Waals surface area contributed by atoms with Crippen molar-refractivity contribution < 1.29 is 4.79 Å². The molecule has 1 aliphatic rings. The Balaban J connectivity index is 2.12. The van der Waals surface area contributed by atoms with Crippen molar-refractivity contribution >= 4 is 17.5 Å². The molecular formula is C10H10ClNO. The molecule has 1 aromatic rings. The highest BCUT2D eigenvalue weighted by molar-refractivity contribution is 6.30. The number of rotatable bonds is 2. The van der Waals surface area contributed by atoms with Crippen molar-refractivity contribution in [2.75, 3.05) is 0 Å². The zero-order valence-corrected chi connectivity index (χ0v) is 7.79. The van der Waals surface area contributed by atoms with Crippen LogP contribution in [0.2, 0.25) is 5.02 Å². The SMILES string of the molecule is NC(=O)[C@@H]1C[C@H]1c1ccc(Cl)cc1. The number of halogens is 1. The molecule has 2 atom stereocenters. The van der Waals surface area contributed by atoms with Crippen LogP contribution in [0.25, 0.3) is 0 Å². The molecule has 0 unspecified atom stereocenters. The highest BCUT2D eigenvalue weighted by Crippen LogP contribution is 2.47. The Kier molecular flexibility index (Phi) is 2.00. The van der Waals surface area contributed by atoms with Crippen LogP contribution in [0.3, 0.4) is 0 Å². The second kappa shape index (κ2) is 3.04. The Morgan fingerprint density at radius 2 is 2.00 bits per heavy atom. The third-order valence-electron chi connectivity index (χ3n) is 2.45. The normalized spacial score (nSPS) is 25.6. The Hall–Kier alpha value is -1.02. The molecule has 0 aliphatic heterocycles. The van der Waals surface area contributed by atoms with Gasteiger partial charge in [-0.15, -0.1) is 0 Å². The summed E-state index contributed by atoms with van der Waals surface area (Å²) in [4.78, 5) is 10.8. The van der Waals surface area contributed by atoms with Crippen LogP contribution in [0.15, 0.2) is 24.3 Å². The van der Waals surface area contributed by atoms with Gasteiger partial charge in [0.15, 0.2) is 0 Å². The summed E-state index contributed by atoms with van der Waals surface area (Å²) in [6.07, 6.45) is 0.886. The van der Waals surface area contributed by atoms with Gasteiger partial charge >= 0.3 is 0 Å². The Labute approximate surface area is 81.7 Å². The molecule has 0 spiro atoms. The van der Waals surface area contributed by atoms with Crippen LogP contribution < -0.4 is 5.73 Å². The lowest BCUT2D eigenvalue weighted by Crippen LogP contribution is -2.13. The lowest BCUT2D eigenvalue weighted by molar-refractivity contribution is -0.119. The van der Waals surface area contributed by atoms with Gasteiger partial charge in [0.1, 0.15) is 0 Å². The van der Waals surface area contributed by atoms with E-state index in [1.807, 2.05) is 24.3 Å². The molecule has 1 fully saturated rings. The minimum absolute atomic E-state index is 0.0428. The van der Waals surface area contributed by atoms with Crippen LogP contribution in [-0.2, 0) is 4.79 Å². The van der Waals surface area contributed by atoms with Gasteiger partial charge in [-0.25, -0.2) is 0 Å². The fraction of sp³-hybridized carbons (Fsp3) is 0.300. The highest BCUT2D eigenvalue weighted by Gasteiger charge is 2.42. The summed E-state index contributed by atoms with van der Waals surface area (Å²) >= 11 is 5.74. The zero-order valence-electron chi connectivity index (χ0n) is 7.03. The average molecular weight is 196 g/mol. The van der Waals surface area contributed by atoms with Gasteiger partial charge in [0.25, 0.3) is 0 Å². The molecule has 1 aliphatic carbocycles. The van der Waals surface area contributed by atoms with E-state index >= 15 is 0 Å². The molecule has 0 saturated heterocycles. The molecule has 1 saturated carbocycles. The van der Waals surface area contributed by atoms with Gasteiger partial charge in [-0.05, 0) is 30.0 Å². The standard InChI is InChI=1S/C10H10ClNO/c11-7-3-1-6(2-4-7)8-5-9(8)10(12)13/h1-4,8-9H,5H2,(H2,12,13)/t8-,9+/m0/s1. The molecule has 1 aromatic carbocycles. The number of hydrogen-bond donors (Lipinski definition) is 1. The summed E-state index contributed by atoms with van der Waals surface area (Å²) in [5.41, 5.74) is 6.35. The van der Waals surface area contributed by atoms with Crippen molar-refractivity contribution in [3.05, 3.63) is 34.9 Å². The molecule has 0 aromatic heterocycles. The maximum absolute atomic E-state index is 10.8. The van der Waals surface area contributed by atoms with Crippen LogP contribution in [0.5, 0.6) is 0 Å². The van der Waals surface area contributed by atoms with E-state index in [4.69, 9.17) is 17.3 Å². The Morgan fingerprint density at radius 1 is 1.38 bits per heavy atom. The first-order valence-corrected chi connectivity index (χ1v) is 4.61. The van der Waals surface area contributed by atoms with Crippen molar-refractivity contribution in [1.82, 2.24) is 0 Å². The van der Waals surface area contributed by atoms with E-state index in [1.54, 1.807) is 0 Å². The molecule has 3 heteroatoms. The molecule has 2 N–H and O–H groups in total. The van der Waals surface area contributed by atoms with E-state index in [1.165, 1.54) is 0 Å². The summed E-state index contributed by atoms with van der Waals surface area (Å²) in [5, 5.41) is 0.722. The zero-order chi connectivity index (χ0) is 9.42. The molecular weight excluding hydrogens is 186 g/mol. The maximum atomic E-state index is 10.8. The lowest BCUT2D eigenvalue weighted by Gasteiger charge is -1.97. The van der Waals surface area contributed by atoms with Crippen molar-refractivity contribution in [2.24, 2.45) is 11.7 Å². The number of hydrogen-bond acceptors (Lipinski definition) is 1. The topological polar surface area (TPSA) is 43.1 Å². The second-order valence-electron chi connectivity index (χ2n) is 3.40. The molecule has 0 heterocycles. The number of primary amides is 1. The van der Waals surface area contributed by atoms with Crippen LogP contribution in [-0.4, -0.2) is 5.91 Å². The molecule has 0 bridgehead atoms. The van der Waals surface area contributed by atoms with E-state index in [-0.39, 0.29) is 11.8 Å². The monoisotopic (exact) mass is 195 g/mol. The number of amides is 1. The number of benzene rings is 1. The predicted octanol–water partition coefficient (Wildman–Crippen LogP) is 1.93. The predicted molar refractivity (Wildman–Crippen MR) is 51.5 cm³/mol. The molecule has 68 valence electrons. The maximum Gasteiger partial charge on any atom is 0.221 e. The van der Waals surface area contributed by atoms with Gasteiger partial charge < -0.3 is 5.73 Å². The van der Waals surface area contributed by atoms with Gasteiger partial charge in [-0.3, -0.25) is 4.79 Å². The first kappa shape index (κ1) is 8.57. The minimum Gasteiger partial charge on any atom is -0.369 e. The fourth-order valence-electron chi connectivity index (χ4n) is 1.59.